The summed E-state index contributed by atoms with van der Waals surface area (Å²) in [5.41, 5.74) is 0. The third-order valence-electron chi connectivity index (χ3n) is 0. The average molecular weight is 1260 g/mol. The second kappa shape index (κ2) is 355. The molecule has 0 fully saturated rings. The Hall–Kier alpha value is 10.4. The van der Waals surface area contributed by atoms with Gasteiger partial charge in [0, 0.05) is 123 Å². The first-order valence-electron chi connectivity index (χ1n) is 5.97. The standard InChI is InChI=1S/6C2H6S.6Fe.2Mo.11H2S/c6*1-2-3;;;;;;;;;;;;;;;;;;;/h6*3H,2H2,1H3;;;;;;;;;11*1H2/q;;;;;;;;;;;;;+3;;;;;;;;;;;/p-17. The van der Waals surface area contributed by atoms with Gasteiger partial charge in [0.1, 0.15) is 0 Å². The third-order valence-corrected chi connectivity index (χ3v) is 0. The van der Waals surface area contributed by atoms with Crippen molar-refractivity contribution in [3.8, 4) is 0 Å². The molecular formula is C12H41Fe6Mo2S17-14. The fourth-order valence-electron chi connectivity index (χ4n) is 0. The van der Waals surface area contributed by atoms with E-state index in [-0.39, 0.29) is 293 Å². The maximum atomic E-state index is 4.39. The zero-order valence-electron chi connectivity index (χ0n) is 20.5. The molecule has 0 amide bonds. The predicted octanol–water partition coefficient (Wildman–Crippen LogP) is 0.328. The Bertz CT molecular complexity index is 78.2. The van der Waals surface area contributed by atoms with Crippen molar-refractivity contribution in [3.63, 3.8) is 0 Å². The first-order valence-corrected chi connectivity index (χ1v) is 9.44. The molecule has 0 heterocycles. The first kappa shape index (κ1) is 203. The summed E-state index contributed by atoms with van der Waals surface area (Å²) < 4.78 is 0. The Kier molecular flexibility index (Phi) is 1950. The Morgan fingerprint density at radius 1 is 0.270 bits per heavy atom. The van der Waals surface area contributed by atoms with Gasteiger partial charge >= 0.3 is 21.1 Å². The molecule has 0 saturated carbocycles. The Morgan fingerprint density at radius 2 is 0.270 bits per heavy atom. The number of hydrogen-bond acceptors (Lipinski definition) is 17. The molecule has 0 aromatic rings. The Balaban J connectivity index is -0.00000000184. The Morgan fingerprint density at radius 3 is 0.270 bits per heavy atom. The SMILES string of the molecule is CC[S-].CC[S-].CC[S-].CC[S-].CC[S-].CC[S-].[Fe].[Fe].[Fe].[Fe].[Fe].[Fe].[Mo+3].[Mo].[SH-].[SH-].[SH-].[SH-].[SH-].[SH-].[SH-].[SH-].[SH-].[SH-].[SH-]. The van der Waals surface area contributed by atoms with Gasteiger partial charge in [-0.15, -0.1) is 0 Å². The molecule has 0 aromatic carbocycles. The van der Waals surface area contributed by atoms with E-state index < -0.39 is 0 Å². The molecule has 0 aliphatic rings. The van der Waals surface area contributed by atoms with Crippen LogP contribution in [0.4, 0.5) is 0 Å². The van der Waals surface area contributed by atoms with Crippen LogP contribution in [0, 0.1) is 0 Å². The van der Waals surface area contributed by atoms with Gasteiger partial charge in [0.15, 0.2) is 0 Å². The molecule has 0 N–H and O–H groups in total. The molecule has 25 heteroatoms. The van der Waals surface area contributed by atoms with Crippen LogP contribution in [-0.2, 0) is 369 Å². The van der Waals surface area contributed by atoms with E-state index in [1.807, 2.05) is 41.5 Å². The minimum absolute atomic E-state index is 0. The molecule has 0 bridgehead atoms. The summed E-state index contributed by atoms with van der Waals surface area (Å²) in [7, 11) is 0. The van der Waals surface area contributed by atoms with Crippen LogP contribution >= 0.6 is 0 Å². The van der Waals surface area contributed by atoms with Gasteiger partial charge in [0.25, 0.3) is 0 Å². The zero-order valence-corrected chi connectivity index (χ0v) is 45.9. The molecule has 0 aliphatic heterocycles. The van der Waals surface area contributed by atoms with Gasteiger partial charge in [-0.1, -0.05) is 41.5 Å². The fraction of sp³-hybridized carbons (Fsp3) is 1.00. The van der Waals surface area contributed by atoms with Crippen LogP contribution in [0.15, 0.2) is 0 Å². The van der Waals surface area contributed by atoms with E-state index >= 15 is 0 Å². The molecule has 0 aliphatic carbocycles. The quantitative estimate of drug-likeness (QED) is 0.186. The summed E-state index contributed by atoms with van der Waals surface area (Å²) >= 11 is 26.4. The van der Waals surface area contributed by atoms with Gasteiger partial charge in [0.05, 0.1) is 0 Å². The molecule has 1 radical (unpaired) electrons. The van der Waals surface area contributed by atoms with Crippen molar-refractivity contribution in [1.29, 1.82) is 0 Å². The van der Waals surface area contributed by atoms with E-state index in [1.54, 1.807) is 0 Å². The van der Waals surface area contributed by atoms with Crippen molar-refractivity contribution >= 4 is 224 Å². The summed E-state index contributed by atoms with van der Waals surface area (Å²) in [6.07, 6.45) is 0. The van der Waals surface area contributed by atoms with E-state index in [1.165, 1.54) is 0 Å². The summed E-state index contributed by atoms with van der Waals surface area (Å²) in [5, 5.41) is 0. The summed E-state index contributed by atoms with van der Waals surface area (Å²) in [4.78, 5) is 0. The van der Waals surface area contributed by atoms with E-state index in [0.717, 1.165) is 34.5 Å². The molecule has 37 heavy (non-hydrogen) atoms. The van der Waals surface area contributed by atoms with Crippen LogP contribution in [0.1, 0.15) is 41.5 Å². The van der Waals surface area contributed by atoms with Crippen LogP contribution < -0.4 is 0 Å². The van der Waals surface area contributed by atoms with Crippen LogP contribution in [0.25, 0.3) is 0 Å². The maximum Gasteiger partial charge on any atom is 3.00 e. The van der Waals surface area contributed by atoms with Crippen molar-refractivity contribution in [3.05, 3.63) is 0 Å². The van der Waals surface area contributed by atoms with E-state index in [4.69, 9.17) is 0 Å². The normalized spacial score (nSPS) is 2.92. The van der Waals surface area contributed by atoms with Crippen LogP contribution in [-0.4, -0.2) is 34.5 Å². The largest absolute Gasteiger partial charge is 3.00 e. The zero-order chi connectivity index (χ0) is 16.2. The van der Waals surface area contributed by atoms with Gasteiger partial charge in [-0.3, -0.25) is 0 Å². The third kappa shape index (κ3) is 841. The fourth-order valence-corrected chi connectivity index (χ4v) is 0. The molecule has 0 nitrogen and oxygen atoms in total. The van der Waals surface area contributed by atoms with Gasteiger partial charge in [-0.05, 0) is 0 Å². The summed E-state index contributed by atoms with van der Waals surface area (Å²) in [5.74, 6) is 5.00. The van der Waals surface area contributed by atoms with E-state index in [0.29, 0.717) is 0 Å². The Labute approximate surface area is 436 Å². The average Bonchev–Trinajstić information content (AvgIpc) is 2.23. The number of rotatable bonds is 0. The van der Waals surface area contributed by atoms with Crippen molar-refractivity contribution in [1.82, 2.24) is 0 Å². The second-order valence-corrected chi connectivity index (χ2v) is 5.20. The van der Waals surface area contributed by atoms with Crippen LogP contribution in [0.5, 0.6) is 0 Å². The molecule has 0 atom stereocenters. The first-order chi connectivity index (χ1) is 8.49. The molecule has 265 valence electrons. The van der Waals surface area contributed by atoms with Gasteiger partial charge < -0.3 is 224 Å². The topological polar surface area (TPSA) is 0 Å². The number of thiol groups is 11. The molecule has 0 saturated heterocycles. The monoisotopic (exact) mass is 1260 g/mol. The summed E-state index contributed by atoms with van der Waals surface area (Å²) in [6.45, 7) is 11.6. The molecular weight excluding hydrogens is 1220 g/mol. The van der Waals surface area contributed by atoms with Gasteiger partial charge in [-0.2, -0.15) is 34.5 Å². The van der Waals surface area contributed by atoms with Crippen molar-refractivity contribution < 1.29 is 145 Å². The van der Waals surface area contributed by atoms with E-state index in [9.17, 15) is 0 Å². The minimum Gasteiger partial charge on any atom is -0.813 e. The molecule has 0 rings (SSSR count). The van der Waals surface area contributed by atoms with Gasteiger partial charge in [0.2, 0.25) is 0 Å². The second-order valence-electron chi connectivity index (χ2n) is 1.73. The van der Waals surface area contributed by atoms with Crippen molar-refractivity contribution in [2.24, 2.45) is 0 Å². The molecule has 0 spiro atoms. The van der Waals surface area contributed by atoms with E-state index in [2.05, 4.69) is 75.8 Å². The van der Waals surface area contributed by atoms with Gasteiger partial charge in [-0.25, -0.2) is 0 Å². The summed E-state index contributed by atoms with van der Waals surface area (Å²) in [6, 6.07) is 0. The molecule has 0 unspecified atom stereocenters. The molecule has 0 aromatic heterocycles. The van der Waals surface area contributed by atoms with Crippen molar-refractivity contribution in [2.75, 3.05) is 34.5 Å². The maximum absolute atomic E-state index is 4.39. The predicted molar refractivity (Wildman–Crippen MR) is 204 cm³/mol. The van der Waals surface area contributed by atoms with Crippen molar-refractivity contribution in [2.45, 2.75) is 41.5 Å². The number of hydrogen-bond donors (Lipinski definition) is 0. The smallest absolute Gasteiger partial charge is 0.813 e. The van der Waals surface area contributed by atoms with Crippen LogP contribution in [0.2, 0.25) is 0 Å². The minimum atomic E-state index is 0. The van der Waals surface area contributed by atoms with Crippen LogP contribution in [0.3, 0.4) is 0 Å².